The smallest absolute Gasteiger partial charge is 0.264 e. The highest BCUT2D eigenvalue weighted by Crippen LogP contribution is 2.23. The van der Waals surface area contributed by atoms with Crippen LogP contribution in [0.5, 0.6) is 0 Å². The molecule has 0 aromatic heterocycles. The summed E-state index contributed by atoms with van der Waals surface area (Å²) < 4.78 is 52.8. The zero-order chi connectivity index (χ0) is 12.4. The van der Waals surface area contributed by atoms with Crippen molar-refractivity contribution < 1.29 is 25.2 Å². The second kappa shape index (κ2) is 4.82. The molecule has 0 spiro atoms. The van der Waals surface area contributed by atoms with Gasteiger partial charge in [0.15, 0.2) is 0 Å². The Kier molecular flexibility index (Phi) is 4.11. The average molecular weight is 270 g/mol. The Hall–Kier alpha value is -0.440. The number of hydrogen-bond acceptors (Lipinski definition) is 6. The summed E-state index contributed by atoms with van der Waals surface area (Å²) in [6.07, 6.45) is 5.20. The van der Waals surface area contributed by atoms with Crippen LogP contribution in [0.25, 0.3) is 0 Å². The SMILES string of the molecule is CS(=O)(=O)OC[C@@H]1C=CC[C@H]1OS(C)(=O)=O. The van der Waals surface area contributed by atoms with Crippen molar-refractivity contribution in [3.8, 4) is 0 Å². The summed E-state index contributed by atoms with van der Waals surface area (Å²) in [5, 5.41) is 0. The Morgan fingerprint density at radius 1 is 1.19 bits per heavy atom. The first-order valence-electron chi connectivity index (χ1n) is 4.57. The first kappa shape index (κ1) is 13.6. The Morgan fingerprint density at radius 2 is 1.81 bits per heavy atom. The van der Waals surface area contributed by atoms with Gasteiger partial charge in [-0.05, 0) is 6.42 Å². The molecule has 1 aliphatic rings. The molecule has 0 heterocycles. The zero-order valence-electron chi connectivity index (χ0n) is 8.99. The third-order valence-electron chi connectivity index (χ3n) is 2.00. The second-order valence-corrected chi connectivity index (χ2v) is 6.90. The van der Waals surface area contributed by atoms with E-state index in [-0.39, 0.29) is 12.5 Å². The van der Waals surface area contributed by atoms with Crippen molar-refractivity contribution in [3.05, 3.63) is 12.2 Å². The standard InChI is InChI=1S/C8H14O6S2/c1-15(9,10)13-6-7-4-3-5-8(7)14-16(2,11)12/h3-4,7-8H,5-6H2,1-2H3/t7-,8+/m0/s1. The van der Waals surface area contributed by atoms with Crippen LogP contribution in [0.4, 0.5) is 0 Å². The molecule has 0 aromatic rings. The van der Waals surface area contributed by atoms with Crippen LogP contribution in [-0.2, 0) is 28.6 Å². The Labute approximate surface area is 95.5 Å². The van der Waals surface area contributed by atoms with Gasteiger partial charge in [-0.25, -0.2) is 0 Å². The van der Waals surface area contributed by atoms with Gasteiger partial charge in [-0.2, -0.15) is 16.8 Å². The van der Waals surface area contributed by atoms with Gasteiger partial charge >= 0.3 is 0 Å². The van der Waals surface area contributed by atoms with Crippen LogP contribution in [0.1, 0.15) is 6.42 Å². The normalized spacial score (nSPS) is 26.1. The van der Waals surface area contributed by atoms with Crippen LogP contribution in [0, 0.1) is 5.92 Å². The van der Waals surface area contributed by atoms with Gasteiger partial charge in [-0.3, -0.25) is 8.37 Å². The van der Waals surface area contributed by atoms with E-state index in [1.54, 1.807) is 12.2 Å². The summed E-state index contributed by atoms with van der Waals surface area (Å²) in [7, 11) is -7.06. The minimum atomic E-state index is -3.54. The van der Waals surface area contributed by atoms with Crippen molar-refractivity contribution in [2.75, 3.05) is 19.1 Å². The maximum Gasteiger partial charge on any atom is 0.264 e. The first-order valence-corrected chi connectivity index (χ1v) is 8.20. The summed E-state index contributed by atoms with van der Waals surface area (Å²) in [5.74, 6) is -0.357. The number of rotatable bonds is 5. The van der Waals surface area contributed by atoms with Crippen LogP contribution in [-0.4, -0.2) is 42.1 Å². The summed E-state index contributed by atoms with van der Waals surface area (Å²) in [6, 6.07) is 0. The minimum absolute atomic E-state index is 0.102. The van der Waals surface area contributed by atoms with E-state index in [1.807, 2.05) is 0 Å². The molecule has 0 unspecified atom stereocenters. The monoisotopic (exact) mass is 270 g/mol. The molecule has 0 amide bonds. The fourth-order valence-electron chi connectivity index (χ4n) is 1.39. The Bertz CT molecular complexity index is 461. The molecule has 0 aliphatic heterocycles. The van der Waals surface area contributed by atoms with Crippen molar-refractivity contribution in [2.24, 2.45) is 5.92 Å². The van der Waals surface area contributed by atoms with E-state index in [9.17, 15) is 16.8 Å². The van der Waals surface area contributed by atoms with Crippen LogP contribution in [0.3, 0.4) is 0 Å². The molecule has 6 nitrogen and oxygen atoms in total. The minimum Gasteiger partial charge on any atom is -0.270 e. The van der Waals surface area contributed by atoms with E-state index >= 15 is 0 Å². The fourth-order valence-corrected chi connectivity index (χ4v) is 2.46. The predicted molar refractivity (Wildman–Crippen MR) is 57.8 cm³/mol. The van der Waals surface area contributed by atoms with Gasteiger partial charge in [0.05, 0.1) is 25.2 Å². The van der Waals surface area contributed by atoms with Crippen molar-refractivity contribution in [1.82, 2.24) is 0 Å². The van der Waals surface area contributed by atoms with Gasteiger partial charge in [0.25, 0.3) is 20.2 Å². The van der Waals surface area contributed by atoms with Crippen LogP contribution >= 0.6 is 0 Å². The van der Waals surface area contributed by atoms with E-state index in [4.69, 9.17) is 4.18 Å². The molecule has 0 bridgehead atoms. The molecule has 2 atom stereocenters. The zero-order valence-corrected chi connectivity index (χ0v) is 10.6. The van der Waals surface area contributed by atoms with Crippen LogP contribution < -0.4 is 0 Å². The third-order valence-corrected chi connectivity index (χ3v) is 3.16. The third kappa shape index (κ3) is 5.06. The molecule has 1 aliphatic carbocycles. The molecular weight excluding hydrogens is 256 g/mol. The van der Waals surface area contributed by atoms with Gasteiger partial charge in [-0.1, -0.05) is 12.2 Å². The molecule has 8 heteroatoms. The lowest BCUT2D eigenvalue weighted by Gasteiger charge is -2.17. The fraction of sp³-hybridized carbons (Fsp3) is 0.750. The maximum atomic E-state index is 10.9. The highest BCUT2D eigenvalue weighted by atomic mass is 32.2. The number of hydrogen-bond donors (Lipinski definition) is 0. The summed E-state index contributed by atoms with van der Waals surface area (Å²) in [6.45, 7) is -0.102. The molecule has 94 valence electrons. The molecular formula is C8H14O6S2. The second-order valence-electron chi connectivity index (χ2n) is 3.66. The lowest BCUT2D eigenvalue weighted by Crippen LogP contribution is -2.26. The Balaban J connectivity index is 2.56. The molecule has 0 N–H and O–H groups in total. The highest BCUT2D eigenvalue weighted by Gasteiger charge is 2.28. The van der Waals surface area contributed by atoms with Crippen LogP contribution in [0.15, 0.2) is 12.2 Å². The largest absolute Gasteiger partial charge is 0.270 e. The highest BCUT2D eigenvalue weighted by molar-refractivity contribution is 7.86. The van der Waals surface area contributed by atoms with Crippen molar-refractivity contribution in [2.45, 2.75) is 12.5 Å². The molecule has 0 aromatic carbocycles. The van der Waals surface area contributed by atoms with Crippen molar-refractivity contribution >= 4 is 20.2 Å². The van der Waals surface area contributed by atoms with Gasteiger partial charge in [0.2, 0.25) is 0 Å². The van der Waals surface area contributed by atoms with E-state index in [1.165, 1.54) is 0 Å². The Morgan fingerprint density at radius 3 is 2.31 bits per heavy atom. The summed E-state index contributed by atoms with van der Waals surface area (Å²) in [4.78, 5) is 0. The quantitative estimate of drug-likeness (QED) is 0.511. The predicted octanol–water partition coefficient (Wildman–Crippen LogP) is -0.116. The molecule has 0 saturated carbocycles. The lowest BCUT2D eigenvalue weighted by atomic mass is 10.1. The van der Waals surface area contributed by atoms with Gasteiger partial charge < -0.3 is 0 Å². The molecule has 0 fully saturated rings. The van der Waals surface area contributed by atoms with E-state index in [0.29, 0.717) is 6.42 Å². The average Bonchev–Trinajstić information content (AvgIpc) is 2.44. The first-order chi connectivity index (χ1) is 7.17. The summed E-state index contributed by atoms with van der Waals surface area (Å²) in [5.41, 5.74) is 0. The van der Waals surface area contributed by atoms with Gasteiger partial charge in [-0.15, -0.1) is 0 Å². The molecule has 0 saturated heterocycles. The maximum absolute atomic E-state index is 10.9. The topological polar surface area (TPSA) is 86.7 Å². The van der Waals surface area contributed by atoms with Crippen molar-refractivity contribution in [3.63, 3.8) is 0 Å². The van der Waals surface area contributed by atoms with E-state index in [0.717, 1.165) is 12.5 Å². The van der Waals surface area contributed by atoms with E-state index < -0.39 is 26.3 Å². The molecule has 1 rings (SSSR count). The van der Waals surface area contributed by atoms with Crippen LogP contribution in [0.2, 0.25) is 0 Å². The van der Waals surface area contributed by atoms with E-state index in [2.05, 4.69) is 4.18 Å². The van der Waals surface area contributed by atoms with Crippen molar-refractivity contribution in [1.29, 1.82) is 0 Å². The lowest BCUT2D eigenvalue weighted by molar-refractivity contribution is 0.142. The molecule has 16 heavy (non-hydrogen) atoms. The molecule has 0 radical (unpaired) electrons. The summed E-state index contributed by atoms with van der Waals surface area (Å²) >= 11 is 0. The van der Waals surface area contributed by atoms with Gasteiger partial charge in [0.1, 0.15) is 0 Å². The van der Waals surface area contributed by atoms with Gasteiger partial charge in [0, 0.05) is 5.92 Å².